The van der Waals surface area contributed by atoms with Gasteiger partial charge in [0.25, 0.3) is 0 Å². The van der Waals surface area contributed by atoms with Crippen LogP contribution in [0.2, 0.25) is 0 Å². The van der Waals surface area contributed by atoms with Crippen LogP contribution in [0.5, 0.6) is 5.75 Å². The number of ether oxygens (including phenoxy) is 1. The number of hydrogen-bond donors (Lipinski definition) is 2. The molecule has 0 aliphatic carbocycles. The van der Waals surface area contributed by atoms with Crippen LogP contribution in [0.25, 0.3) is 0 Å². The van der Waals surface area contributed by atoms with Crippen LogP contribution in [0.15, 0.2) is 23.1 Å². The number of carbonyl (C=O) groups excluding carboxylic acids is 1. The van der Waals surface area contributed by atoms with Gasteiger partial charge in [-0.05, 0) is 43.5 Å². The fourth-order valence-corrected chi connectivity index (χ4v) is 6.51. The van der Waals surface area contributed by atoms with Gasteiger partial charge in [0.15, 0.2) is 0 Å². The number of likely N-dealkylation sites (N-methyl/N-ethyl adjacent to an activating group) is 1. The molecule has 1 aromatic rings. The molecule has 2 N–H and O–H groups in total. The first-order chi connectivity index (χ1) is 15.4. The first kappa shape index (κ1) is 23.4. The molecule has 0 spiro atoms. The highest BCUT2D eigenvalue weighted by atomic mass is 32.2. The normalized spacial score (nSPS) is 25.8. The molecule has 3 aliphatic rings. The summed E-state index contributed by atoms with van der Waals surface area (Å²) in [7, 11) is -2.14. The monoisotopic (exact) mass is 465 g/mol. The average molecular weight is 466 g/mol. The number of carbonyl (C=O) groups is 1. The zero-order valence-corrected chi connectivity index (χ0v) is 19.9. The summed E-state index contributed by atoms with van der Waals surface area (Å²) in [5.41, 5.74) is 7.17. The van der Waals surface area contributed by atoms with Crippen molar-refractivity contribution in [3.63, 3.8) is 0 Å². The van der Waals surface area contributed by atoms with Crippen molar-refractivity contribution in [2.45, 2.75) is 49.6 Å². The van der Waals surface area contributed by atoms with Crippen LogP contribution in [0.4, 0.5) is 0 Å². The second-order valence-electron chi connectivity index (χ2n) is 8.76. The third-order valence-electron chi connectivity index (χ3n) is 6.86. The van der Waals surface area contributed by atoms with Crippen LogP contribution >= 0.6 is 0 Å². The van der Waals surface area contributed by atoms with Gasteiger partial charge in [-0.1, -0.05) is 19.4 Å². The summed E-state index contributed by atoms with van der Waals surface area (Å²) in [5.74, 6) is 0.456. The van der Waals surface area contributed by atoms with Crippen LogP contribution in [-0.2, 0) is 14.8 Å². The van der Waals surface area contributed by atoms with Gasteiger partial charge in [-0.3, -0.25) is 4.79 Å². The highest BCUT2D eigenvalue weighted by Gasteiger charge is 2.35. The van der Waals surface area contributed by atoms with E-state index >= 15 is 0 Å². The molecule has 32 heavy (non-hydrogen) atoms. The van der Waals surface area contributed by atoms with Gasteiger partial charge in [0, 0.05) is 45.3 Å². The third-order valence-corrected chi connectivity index (χ3v) is 8.78. The van der Waals surface area contributed by atoms with E-state index in [1.807, 2.05) is 11.0 Å². The third kappa shape index (κ3) is 4.79. The summed E-state index contributed by atoms with van der Waals surface area (Å²) in [4.78, 5) is 17.5. The van der Waals surface area contributed by atoms with E-state index < -0.39 is 10.0 Å². The Hall–Kier alpha value is -1.72. The minimum Gasteiger partial charge on any atom is -0.495 e. The summed E-state index contributed by atoms with van der Waals surface area (Å²) < 4.78 is 33.6. The maximum atomic E-state index is 13.3. The van der Waals surface area contributed by atoms with Crippen molar-refractivity contribution >= 4 is 15.9 Å². The first-order valence-corrected chi connectivity index (χ1v) is 13.1. The second-order valence-corrected chi connectivity index (χ2v) is 10.7. The molecule has 3 fully saturated rings. The predicted molar refractivity (Wildman–Crippen MR) is 122 cm³/mol. The molecule has 0 radical (unpaired) electrons. The lowest BCUT2D eigenvalue weighted by molar-refractivity contribution is -0.134. The molecule has 0 saturated carbocycles. The van der Waals surface area contributed by atoms with E-state index in [9.17, 15) is 13.2 Å². The van der Waals surface area contributed by atoms with Gasteiger partial charge in [-0.25, -0.2) is 19.3 Å². The van der Waals surface area contributed by atoms with E-state index in [4.69, 9.17) is 4.74 Å². The number of rotatable bonds is 6. The summed E-state index contributed by atoms with van der Waals surface area (Å²) in [6.45, 7) is 7.53. The highest BCUT2D eigenvalue weighted by Crippen LogP contribution is 2.33. The number of methoxy groups -OCH3 is 1. The molecule has 3 saturated heterocycles. The first-order valence-electron chi connectivity index (χ1n) is 11.6. The molecule has 0 bridgehead atoms. The van der Waals surface area contributed by atoms with Crippen molar-refractivity contribution < 1.29 is 17.9 Å². The molecule has 1 aromatic carbocycles. The van der Waals surface area contributed by atoms with Gasteiger partial charge < -0.3 is 14.5 Å². The Kier molecular flexibility index (Phi) is 7.36. The Morgan fingerprint density at radius 2 is 1.78 bits per heavy atom. The molecule has 9 nitrogen and oxygen atoms in total. The Labute approximate surface area is 191 Å². The van der Waals surface area contributed by atoms with Crippen LogP contribution in [-0.4, -0.2) is 87.4 Å². The Morgan fingerprint density at radius 3 is 2.44 bits per heavy atom. The van der Waals surface area contributed by atoms with Gasteiger partial charge in [0.1, 0.15) is 16.7 Å². The van der Waals surface area contributed by atoms with Crippen molar-refractivity contribution in [1.82, 2.24) is 25.0 Å². The topological polar surface area (TPSA) is 94.2 Å². The molecular weight excluding hydrogens is 430 g/mol. The average Bonchev–Trinajstić information content (AvgIpc) is 3.34. The van der Waals surface area contributed by atoms with Gasteiger partial charge in [-0.15, -0.1) is 0 Å². The van der Waals surface area contributed by atoms with Gasteiger partial charge in [0.05, 0.1) is 7.11 Å². The van der Waals surface area contributed by atoms with E-state index in [0.717, 1.165) is 57.5 Å². The molecular formula is C22H35N5O4S. The van der Waals surface area contributed by atoms with Crippen LogP contribution in [0.3, 0.4) is 0 Å². The number of sulfonamides is 1. The summed E-state index contributed by atoms with van der Waals surface area (Å²) in [5, 5.41) is 0. The number of amides is 1. The lowest BCUT2D eigenvalue weighted by Crippen LogP contribution is -2.53. The van der Waals surface area contributed by atoms with E-state index in [2.05, 4.69) is 22.7 Å². The molecule has 3 aliphatic heterocycles. The summed E-state index contributed by atoms with van der Waals surface area (Å²) in [6.07, 6.45) is 3.39. The van der Waals surface area contributed by atoms with Crippen molar-refractivity contribution in [2.75, 3.05) is 52.9 Å². The Balaban J connectivity index is 1.47. The smallest absolute Gasteiger partial charge is 0.246 e. The van der Waals surface area contributed by atoms with Crippen molar-refractivity contribution in [3.8, 4) is 5.75 Å². The Morgan fingerprint density at radius 1 is 1.06 bits per heavy atom. The number of benzene rings is 1. The maximum Gasteiger partial charge on any atom is 0.246 e. The molecule has 3 heterocycles. The van der Waals surface area contributed by atoms with E-state index in [1.54, 1.807) is 16.4 Å². The molecule has 10 heteroatoms. The molecule has 0 aromatic heterocycles. The number of hydrogen-bond acceptors (Lipinski definition) is 7. The fraction of sp³-hybridized carbons (Fsp3) is 0.682. The number of piperidine rings is 1. The quantitative estimate of drug-likeness (QED) is 0.646. The van der Waals surface area contributed by atoms with Crippen molar-refractivity contribution in [2.24, 2.45) is 0 Å². The largest absolute Gasteiger partial charge is 0.495 e. The second kappa shape index (κ2) is 10.0. The molecule has 1 amide bonds. The molecule has 2 unspecified atom stereocenters. The van der Waals surface area contributed by atoms with Gasteiger partial charge in [0.2, 0.25) is 15.9 Å². The number of nitrogens with one attached hydrogen (secondary N) is 2. The lowest BCUT2D eigenvalue weighted by atomic mass is 10.0. The van der Waals surface area contributed by atoms with Gasteiger partial charge in [-0.2, -0.15) is 4.31 Å². The molecule has 178 valence electrons. The number of piperazine rings is 1. The molecule has 2 atom stereocenters. The van der Waals surface area contributed by atoms with E-state index in [-0.39, 0.29) is 22.9 Å². The van der Waals surface area contributed by atoms with Gasteiger partial charge >= 0.3 is 0 Å². The van der Waals surface area contributed by atoms with E-state index in [1.165, 1.54) is 7.11 Å². The van der Waals surface area contributed by atoms with Crippen molar-refractivity contribution in [1.29, 1.82) is 0 Å². The Bertz CT molecular complexity index is 911. The van der Waals surface area contributed by atoms with Crippen LogP contribution < -0.4 is 15.6 Å². The fourth-order valence-electron chi connectivity index (χ4n) is 4.80. The maximum absolute atomic E-state index is 13.3. The summed E-state index contributed by atoms with van der Waals surface area (Å²) in [6, 6.07) is 4.82. The van der Waals surface area contributed by atoms with Crippen LogP contribution in [0.1, 0.15) is 44.2 Å². The van der Waals surface area contributed by atoms with Crippen LogP contribution in [0, 0.1) is 0 Å². The van der Waals surface area contributed by atoms with E-state index in [0.29, 0.717) is 25.3 Å². The molecule has 4 rings (SSSR count). The zero-order chi connectivity index (χ0) is 22.7. The minimum atomic E-state index is -3.63. The minimum absolute atomic E-state index is 0.102. The predicted octanol–water partition coefficient (Wildman–Crippen LogP) is 0.942. The highest BCUT2D eigenvalue weighted by molar-refractivity contribution is 7.89. The zero-order valence-electron chi connectivity index (χ0n) is 19.0. The van der Waals surface area contributed by atoms with Crippen molar-refractivity contribution in [3.05, 3.63) is 23.8 Å². The number of nitrogens with zero attached hydrogens (tertiary/aromatic N) is 3. The number of hydrazine groups is 1. The standard InChI is InChI=1S/C22H35N5O4S/c1-3-25-11-13-26(14-12-25)22(28)19-16-18(23-24-19)17-7-8-20(31-2)21(15-17)32(29,30)27-9-5-4-6-10-27/h7-8,15,18-19,23-24H,3-6,9-14,16H2,1-2H3. The summed E-state index contributed by atoms with van der Waals surface area (Å²) >= 11 is 0. The SMILES string of the molecule is CCN1CCN(C(=O)C2CC(c3ccc(OC)c(S(=O)(=O)N4CCCCC4)c3)NN2)CC1. The lowest BCUT2D eigenvalue weighted by Gasteiger charge is -2.35.